The summed E-state index contributed by atoms with van der Waals surface area (Å²) in [6.45, 7) is 4.63. The largest absolute Gasteiger partial charge is 0.379 e. The topological polar surface area (TPSA) is 41.6 Å². The SMILES string of the molecule is CCNC1COCC1C(=O)N(C)Cc1ccccc1Br. The van der Waals surface area contributed by atoms with Crippen molar-refractivity contribution >= 4 is 21.8 Å². The Bertz CT molecular complexity index is 467. The summed E-state index contributed by atoms with van der Waals surface area (Å²) in [7, 11) is 1.85. The number of hydrogen-bond donors (Lipinski definition) is 1. The first kappa shape index (κ1) is 15.5. The predicted molar refractivity (Wildman–Crippen MR) is 82.4 cm³/mol. The molecule has 110 valence electrons. The number of carbonyl (C=O) groups is 1. The smallest absolute Gasteiger partial charge is 0.229 e. The summed E-state index contributed by atoms with van der Waals surface area (Å²) < 4.78 is 6.48. The van der Waals surface area contributed by atoms with Crippen LogP contribution in [0.2, 0.25) is 0 Å². The minimum Gasteiger partial charge on any atom is -0.379 e. The number of amides is 1. The number of hydrogen-bond acceptors (Lipinski definition) is 3. The maximum Gasteiger partial charge on any atom is 0.229 e. The third kappa shape index (κ3) is 3.59. The Hall–Kier alpha value is -0.910. The van der Waals surface area contributed by atoms with Gasteiger partial charge >= 0.3 is 0 Å². The number of carbonyl (C=O) groups excluding carboxylic acids is 1. The van der Waals surface area contributed by atoms with Gasteiger partial charge in [-0.2, -0.15) is 0 Å². The van der Waals surface area contributed by atoms with Gasteiger partial charge in [-0.3, -0.25) is 4.79 Å². The van der Waals surface area contributed by atoms with Gasteiger partial charge in [0.1, 0.15) is 0 Å². The van der Waals surface area contributed by atoms with Crippen molar-refractivity contribution in [3.05, 3.63) is 34.3 Å². The lowest BCUT2D eigenvalue weighted by molar-refractivity contribution is -0.135. The zero-order valence-corrected chi connectivity index (χ0v) is 13.5. The van der Waals surface area contributed by atoms with Crippen molar-refractivity contribution in [2.24, 2.45) is 5.92 Å². The monoisotopic (exact) mass is 340 g/mol. The van der Waals surface area contributed by atoms with Crippen LogP contribution in [0.5, 0.6) is 0 Å². The van der Waals surface area contributed by atoms with Crippen LogP contribution in [0.15, 0.2) is 28.7 Å². The normalized spacial score (nSPS) is 21.9. The molecular weight excluding hydrogens is 320 g/mol. The lowest BCUT2D eigenvalue weighted by Gasteiger charge is -2.24. The molecule has 1 saturated heterocycles. The highest BCUT2D eigenvalue weighted by Gasteiger charge is 2.35. The molecule has 1 aliphatic rings. The molecule has 1 fully saturated rings. The molecular formula is C15H21BrN2O2. The Balaban J connectivity index is 2.00. The summed E-state index contributed by atoms with van der Waals surface area (Å²) >= 11 is 3.52. The number of benzene rings is 1. The number of nitrogens with one attached hydrogen (secondary N) is 1. The number of rotatable bonds is 5. The van der Waals surface area contributed by atoms with Gasteiger partial charge in [-0.15, -0.1) is 0 Å². The van der Waals surface area contributed by atoms with Gasteiger partial charge in [0.25, 0.3) is 0 Å². The Morgan fingerprint density at radius 3 is 2.90 bits per heavy atom. The Morgan fingerprint density at radius 1 is 1.45 bits per heavy atom. The minimum atomic E-state index is -0.0811. The second-order valence-electron chi connectivity index (χ2n) is 5.09. The lowest BCUT2D eigenvalue weighted by atomic mass is 10.0. The highest BCUT2D eigenvalue weighted by atomic mass is 79.9. The van der Waals surface area contributed by atoms with Gasteiger partial charge in [0, 0.05) is 24.1 Å². The molecule has 1 N–H and O–H groups in total. The van der Waals surface area contributed by atoms with Gasteiger partial charge < -0.3 is 15.0 Å². The van der Waals surface area contributed by atoms with Crippen LogP contribution in [0.3, 0.4) is 0 Å². The maximum atomic E-state index is 12.5. The fourth-order valence-corrected chi connectivity index (χ4v) is 2.91. The number of halogens is 1. The fourth-order valence-electron chi connectivity index (χ4n) is 2.50. The summed E-state index contributed by atoms with van der Waals surface area (Å²) in [5.41, 5.74) is 1.11. The molecule has 0 aromatic heterocycles. The van der Waals surface area contributed by atoms with E-state index in [2.05, 4.69) is 21.2 Å². The van der Waals surface area contributed by atoms with Crippen molar-refractivity contribution in [2.45, 2.75) is 19.5 Å². The Kier molecular flexibility index (Phi) is 5.57. The molecule has 20 heavy (non-hydrogen) atoms. The lowest BCUT2D eigenvalue weighted by Crippen LogP contribution is -2.44. The van der Waals surface area contributed by atoms with Crippen molar-refractivity contribution < 1.29 is 9.53 Å². The first-order valence-electron chi connectivity index (χ1n) is 6.93. The second-order valence-corrected chi connectivity index (χ2v) is 5.95. The van der Waals surface area contributed by atoms with Gasteiger partial charge in [-0.25, -0.2) is 0 Å². The third-order valence-corrected chi connectivity index (χ3v) is 4.38. The van der Waals surface area contributed by atoms with Crippen molar-refractivity contribution in [2.75, 3.05) is 26.8 Å². The van der Waals surface area contributed by atoms with E-state index in [1.54, 1.807) is 4.90 Å². The molecule has 0 spiro atoms. The van der Waals surface area contributed by atoms with Crippen LogP contribution < -0.4 is 5.32 Å². The zero-order chi connectivity index (χ0) is 14.5. The van der Waals surface area contributed by atoms with Crippen LogP contribution in [0, 0.1) is 5.92 Å². The summed E-state index contributed by atoms with van der Waals surface area (Å²) in [4.78, 5) is 14.3. The quantitative estimate of drug-likeness (QED) is 0.891. The van der Waals surface area contributed by atoms with E-state index in [0.717, 1.165) is 16.6 Å². The van der Waals surface area contributed by atoms with E-state index in [1.807, 2.05) is 38.2 Å². The van der Waals surface area contributed by atoms with Gasteiger partial charge in [0.2, 0.25) is 5.91 Å². The molecule has 4 nitrogen and oxygen atoms in total. The molecule has 1 aromatic rings. The summed E-state index contributed by atoms with van der Waals surface area (Å²) in [6, 6.07) is 8.11. The van der Waals surface area contributed by atoms with Crippen molar-refractivity contribution in [3.8, 4) is 0 Å². The van der Waals surface area contributed by atoms with Crippen LogP contribution in [0.4, 0.5) is 0 Å². The molecule has 5 heteroatoms. The van der Waals surface area contributed by atoms with Crippen LogP contribution in [0.25, 0.3) is 0 Å². The average Bonchev–Trinajstić information content (AvgIpc) is 2.89. The molecule has 1 heterocycles. The number of ether oxygens (including phenoxy) is 1. The molecule has 2 rings (SSSR count). The summed E-state index contributed by atoms with van der Waals surface area (Å²) in [6.07, 6.45) is 0. The average molecular weight is 341 g/mol. The Morgan fingerprint density at radius 2 is 2.20 bits per heavy atom. The fraction of sp³-hybridized carbons (Fsp3) is 0.533. The van der Waals surface area contributed by atoms with E-state index < -0.39 is 0 Å². The molecule has 0 saturated carbocycles. The van der Waals surface area contributed by atoms with Gasteiger partial charge in [0.15, 0.2) is 0 Å². The van der Waals surface area contributed by atoms with E-state index >= 15 is 0 Å². The molecule has 1 aromatic carbocycles. The molecule has 0 bridgehead atoms. The van der Waals surface area contributed by atoms with E-state index in [9.17, 15) is 4.79 Å². The van der Waals surface area contributed by atoms with Crippen LogP contribution in [0.1, 0.15) is 12.5 Å². The van der Waals surface area contributed by atoms with Crippen LogP contribution in [-0.4, -0.2) is 43.7 Å². The molecule has 2 atom stereocenters. The molecule has 1 aliphatic heterocycles. The highest BCUT2D eigenvalue weighted by molar-refractivity contribution is 9.10. The summed E-state index contributed by atoms with van der Waals surface area (Å²) in [5, 5.41) is 3.32. The molecule has 2 unspecified atom stereocenters. The van der Waals surface area contributed by atoms with Crippen molar-refractivity contribution in [1.29, 1.82) is 0 Å². The van der Waals surface area contributed by atoms with Crippen molar-refractivity contribution in [3.63, 3.8) is 0 Å². The van der Waals surface area contributed by atoms with Crippen molar-refractivity contribution in [1.82, 2.24) is 10.2 Å². The summed E-state index contributed by atoms with van der Waals surface area (Å²) in [5.74, 6) is 0.0617. The Labute approximate surface area is 128 Å². The first-order chi connectivity index (χ1) is 9.63. The standard InChI is InChI=1S/C15H21BrN2O2/c1-3-17-14-10-20-9-12(14)15(19)18(2)8-11-6-4-5-7-13(11)16/h4-7,12,14,17H,3,8-10H2,1-2H3. The van der Waals surface area contributed by atoms with Crippen LogP contribution in [-0.2, 0) is 16.1 Å². The van der Waals surface area contributed by atoms with E-state index in [0.29, 0.717) is 19.8 Å². The minimum absolute atomic E-state index is 0.0811. The first-order valence-corrected chi connectivity index (χ1v) is 7.72. The third-order valence-electron chi connectivity index (χ3n) is 3.61. The van der Waals surface area contributed by atoms with E-state index in [4.69, 9.17) is 4.74 Å². The molecule has 0 aliphatic carbocycles. The predicted octanol–water partition coefficient (Wildman–Crippen LogP) is 2.03. The van der Waals surface area contributed by atoms with E-state index in [-0.39, 0.29) is 17.9 Å². The van der Waals surface area contributed by atoms with Gasteiger partial charge in [-0.1, -0.05) is 41.1 Å². The van der Waals surface area contributed by atoms with Gasteiger partial charge in [-0.05, 0) is 18.2 Å². The number of likely N-dealkylation sites (N-methyl/N-ethyl adjacent to an activating group) is 1. The highest BCUT2D eigenvalue weighted by Crippen LogP contribution is 2.20. The zero-order valence-electron chi connectivity index (χ0n) is 11.9. The second kappa shape index (κ2) is 7.20. The number of nitrogens with zero attached hydrogens (tertiary/aromatic N) is 1. The van der Waals surface area contributed by atoms with Gasteiger partial charge in [0.05, 0.1) is 19.1 Å². The molecule has 0 radical (unpaired) electrons. The van der Waals surface area contributed by atoms with E-state index in [1.165, 1.54) is 0 Å². The van der Waals surface area contributed by atoms with Crippen LogP contribution >= 0.6 is 15.9 Å². The molecule has 1 amide bonds. The maximum absolute atomic E-state index is 12.5.